The number of thioether (sulfide) groups is 2. The first-order valence-electron chi connectivity index (χ1n) is 40.9. The molecule has 0 aliphatic carbocycles. The molecule has 716 valence electrons. The molecule has 3 aromatic rings. The average Bonchev–Trinajstić information content (AvgIpc) is 1.68. The number of benzene rings is 1. The van der Waals surface area contributed by atoms with Gasteiger partial charge in [0.2, 0.25) is 88.6 Å². The van der Waals surface area contributed by atoms with Crippen LogP contribution in [0.25, 0.3) is 10.9 Å². The molecule has 49 nitrogen and oxygen atoms in total. The summed E-state index contributed by atoms with van der Waals surface area (Å²) in [5, 5.41) is 112. The molecule has 0 saturated carbocycles. The number of nitrogens with zero attached hydrogens (tertiary/aromatic N) is 1. The number of imidazole rings is 1. The number of para-hydroxylation sites is 1. The van der Waals surface area contributed by atoms with E-state index in [-0.39, 0.29) is 42.9 Å². The zero-order valence-electron chi connectivity index (χ0n) is 71.8. The van der Waals surface area contributed by atoms with Crippen LogP contribution in [0.15, 0.2) is 43.0 Å². The van der Waals surface area contributed by atoms with E-state index in [1.54, 1.807) is 50.6 Å². The molecule has 129 heavy (non-hydrogen) atoms. The number of amides is 15. The standard InChI is InChI=1S/C78H118N20O29S2/c1-37(2)29-52(94-75(123)55(32-62(110)111)93-65(113)43(80)12-9-10-26-79)72(120)97-56(35-99)76(124)88-47(16-21-59(104)105)67(115)89-49(24-27-128-5)70(118)96-54(31-41-34-82-36-84-41)74(122)87-48(17-22-60(106)107)69(117)95-53(30-40-33-83-44-13-8-7-11-42(40)44)73(121)90-50(25-28-129-6)71(119)98-63(39(4)100)77(125)91-45(14-19-57(81)101)66(114)85-38(3)64(112)86-46(15-20-58(102)103)68(116)92-51(78(126)127)18-23-61(108)109/h7-8,11,13,33-34,36-39,43,45-56,63,83,99-100H,9-10,12,14-32,35,79-80H2,1-6H3,(H2,81,101)(H,82,84)(H,85,114)(H,86,112)(H,87,122)(H,88,124)(H,89,115)(H,90,121)(H,91,125)(H,92,116)(H,93,113)(H,94,123)(H,95,117)(H,96,118)(H,97,120)(H,98,119)(H,102,103)(H,104,105)(H,106,107)(H,108,109)(H,110,111)(H,126,127)/t38-,39+,43-,45-,46-,47-,48-,49-,50-,51-,52-,53-,54-,55-,56-,63-/m0/s1. The maximum Gasteiger partial charge on any atom is 0.326 e. The van der Waals surface area contributed by atoms with Gasteiger partial charge in [-0.3, -0.25) is 95.9 Å². The van der Waals surface area contributed by atoms with Gasteiger partial charge in [-0.1, -0.05) is 38.5 Å². The summed E-state index contributed by atoms with van der Waals surface area (Å²) in [7, 11) is 0. The van der Waals surface area contributed by atoms with Crippen LogP contribution in [-0.4, -0.2) is 314 Å². The van der Waals surface area contributed by atoms with Crippen LogP contribution in [-0.2, 0) is 114 Å². The molecule has 2 heterocycles. The Bertz CT molecular complexity index is 4370. The van der Waals surface area contributed by atoms with Gasteiger partial charge < -0.3 is 142 Å². The van der Waals surface area contributed by atoms with Gasteiger partial charge in [-0.25, -0.2) is 9.78 Å². The van der Waals surface area contributed by atoms with Gasteiger partial charge in [0, 0.05) is 68.2 Å². The largest absolute Gasteiger partial charge is 0.481 e. The van der Waals surface area contributed by atoms with Crippen molar-refractivity contribution >= 4 is 159 Å². The summed E-state index contributed by atoms with van der Waals surface area (Å²) in [5.41, 5.74) is 17.9. The molecule has 0 bridgehead atoms. The first-order valence-corrected chi connectivity index (χ1v) is 43.7. The van der Waals surface area contributed by atoms with Crippen molar-refractivity contribution in [3.8, 4) is 0 Å². The first kappa shape index (κ1) is 111. The average molecular weight is 1860 g/mol. The van der Waals surface area contributed by atoms with E-state index in [0.717, 1.165) is 13.8 Å². The number of carbonyl (C=O) groups is 21. The van der Waals surface area contributed by atoms with Crippen LogP contribution in [0.4, 0.5) is 0 Å². The minimum absolute atomic E-state index is 0.0861. The van der Waals surface area contributed by atoms with Gasteiger partial charge >= 0.3 is 35.8 Å². The third-order valence-corrected chi connectivity index (χ3v) is 20.8. The molecule has 30 N–H and O–H groups in total. The number of carbonyl (C=O) groups excluding carboxylic acids is 15. The predicted octanol–water partition coefficient (Wildman–Crippen LogP) is -6.85. The third-order valence-electron chi connectivity index (χ3n) is 19.5. The predicted molar refractivity (Wildman–Crippen MR) is 458 cm³/mol. The minimum Gasteiger partial charge on any atom is -0.481 e. The Morgan fingerprint density at radius 2 is 0.806 bits per heavy atom. The number of aliphatic hydroxyl groups is 2. The lowest BCUT2D eigenvalue weighted by Crippen LogP contribution is -2.62. The van der Waals surface area contributed by atoms with Crippen molar-refractivity contribution in [3.63, 3.8) is 0 Å². The molecule has 0 aliphatic rings. The fourth-order valence-corrected chi connectivity index (χ4v) is 13.4. The molecule has 51 heteroatoms. The number of nitrogens with one attached hydrogen (secondary N) is 16. The van der Waals surface area contributed by atoms with Gasteiger partial charge in [0.25, 0.3) is 0 Å². The van der Waals surface area contributed by atoms with E-state index < -0.39 is 317 Å². The number of hydrogen-bond acceptors (Lipinski definition) is 28. The Kier molecular flexibility index (Phi) is 49.1. The van der Waals surface area contributed by atoms with Crippen molar-refractivity contribution in [3.05, 3.63) is 54.2 Å². The van der Waals surface area contributed by atoms with Crippen molar-refractivity contribution in [1.29, 1.82) is 0 Å². The maximum absolute atomic E-state index is 15.1. The monoisotopic (exact) mass is 1860 g/mol. The van der Waals surface area contributed by atoms with Gasteiger partial charge in [0.15, 0.2) is 0 Å². The second kappa shape index (κ2) is 57.2. The highest BCUT2D eigenvalue weighted by molar-refractivity contribution is 7.98. The second-order valence-corrected chi connectivity index (χ2v) is 32.4. The lowest BCUT2D eigenvalue weighted by atomic mass is 10.0. The number of hydrogen-bond donors (Lipinski definition) is 27. The number of unbranched alkanes of at least 4 members (excludes halogenated alkanes) is 1. The van der Waals surface area contributed by atoms with Crippen LogP contribution < -0.4 is 91.6 Å². The number of aromatic amines is 2. The highest BCUT2D eigenvalue weighted by Crippen LogP contribution is 2.21. The molecule has 0 radical (unpaired) electrons. The number of aromatic nitrogens is 3. The first-order chi connectivity index (χ1) is 60.8. The van der Waals surface area contributed by atoms with Crippen molar-refractivity contribution < 1.29 is 142 Å². The minimum atomic E-state index is -2.03. The molecule has 3 rings (SSSR count). The highest BCUT2D eigenvalue weighted by Gasteiger charge is 2.40. The molecule has 15 amide bonds. The fraction of sp³-hybridized carbons (Fsp3) is 0.590. The van der Waals surface area contributed by atoms with Gasteiger partial charge in [-0.05, 0) is 126 Å². The van der Waals surface area contributed by atoms with E-state index in [0.29, 0.717) is 35.9 Å². The molecule has 1 aromatic carbocycles. The SMILES string of the molecule is CSCC[C@H](NC(=O)[C@H](CCC(=O)O)NC(=O)[C@H](CO)NC(=O)[C@H](CC(C)C)NC(=O)[C@H](CC(=O)O)NC(=O)[C@@H](N)CCCCN)C(=O)N[C@@H](Cc1c[nH]cn1)C(=O)N[C@@H](CCC(=O)O)C(=O)N[C@@H](Cc1c[nH]c2ccccc12)C(=O)N[C@@H](CCSC)C(=O)N[C@H](C(=O)N[C@@H](CCC(N)=O)C(=O)N[C@@H](C)C(=O)N[C@@H](CCC(=O)O)C(=O)N[C@@H](CCC(=O)O)C(=O)O)[C@@H](C)O. The molecular formula is C78H118N20O29S2. The molecule has 2 aromatic heterocycles. The number of primary amides is 1. The molecule has 0 aliphatic heterocycles. The van der Waals surface area contributed by atoms with Gasteiger partial charge in [0.1, 0.15) is 84.6 Å². The van der Waals surface area contributed by atoms with Gasteiger partial charge in [0.05, 0.1) is 37.2 Å². The quantitative estimate of drug-likeness (QED) is 0.0234. The van der Waals surface area contributed by atoms with Crippen molar-refractivity contribution in [2.45, 2.75) is 246 Å². The summed E-state index contributed by atoms with van der Waals surface area (Å²) in [4.78, 5) is 291. The summed E-state index contributed by atoms with van der Waals surface area (Å²) in [6, 6.07) is -19.7. The van der Waals surface area contributed by atoms with Crippen LogP contribution in [0.5, 0.6) is 0 Å². The Morgan fingerprint density at radius 3 is 1.25 bits per heavy atom. The number of carboxylic acids is 6. The Hall–Kier alpha value is -12.6. The summed E-state index contributed by atoms with van der Waals surface area (Å²) in [5.74, 6) is -26.8. The number of aliphatic carboxylic acids is 6. The van der Waals surface area contributed by atoms with Crippen molar-refractivity contribution in [2.75, 3.05) is 37.2 Å². The van der Waals surface area contributed by atoms with Gasteiger partial charge in [-0.15, -0.1) is 0 Å². The maximum atomic E-state index is 15.1. The second-order valence-electron chi connectivity index (χ2n) is 30.5. The molecule has 0 spiro atoms. The Labute approximate surface area is 747 Å². The number of carboxylic acid groups (broad SMARTS) is 6. The summed E-state index contributed by atoms with van der Waals surface area (Å²) >= 11 is 2.34. The van der Waals surface area contributed by atoms with Crippen LogP contribution in [0.1, 0.15) is 148 Å². The zero-order chi connectivity index (χ0) is 96.9. The van der Waals surface area contributed by atoms with E-state index in [1.165, 1.54) is 42.2 Å². The number of aliphatic hydroxyl groups excluding tert-OH is 2. The number of fused-ring (bicyclic) bond motifs is 1. The van der Waals surface area contributed by atoms with Crippen molar-refractivity contribution in [1.82, 2.24) is 89.4 Å². The van der Waals surface area contributed by atoms with Crippen LogP contribution in [0, 0.1) is 5.92 Å². The number of nitrogens with two attached hydrogens (primary N) is 3. The topological polar surface area (TPSA) is 811 Å². The van der Waals surface area contributed by atoms with E-state index in [9.17, 15) is 132 Å². The lowest BCUT2D eigenvalue weighted by Gasteiger charge is -2.29. The number of H-pyrrole nitrogens is 2. The summed E-state index contributed by atoms with van der Waals surface area (Å²) in [6.45, 7) is 4.48. The fourth-order valence-electron chi connectivity index (χ4n) is 12.5. The van der Waals surface area contributed by atoms with Gasteiger partial charge in [-0.2, -0.15) is 23.5 Å². The molecular weight excluding hydrogens is 1750 g/mol. The Balaban J connectivity index is 2.02. The van der Waals surface area contributed by atoms with Crippen LogP contribution >= 0.6 is 23.5 Å². The zero-order valence-corrected chi connectivity index (χ0v) is 73.4. The van der Waals surface area contributed by atoms with Crippen LogP contribution in [0.2, 0.25) is 0 Å². The third kappa shape index (κ3) is 40.9. The lowest BCUT2D eigenvalue weighted by molar-refractivity contribution is -0.144. The van der Waals surface area contributed by atoms with E-state index >= 15 is 4.79 Å². The van der Waals surface area contributed by atoms with E-state index in [1.807, 2.05) is 5.32 Å². The Morgan fingerprint density at radius 1 is 0.419 bits per heavy atom. The van der Waals surface area contributed by atoms with E-state index in [4.69, 9.17) is 22.3 Å². The smallest absolute Gasteiger partial charge is 0.326 e. The summed E-state index contributed by atoms with van der Waals surface area (Å²) < 4.78 is 0. The molecule has 0 saturated heterocycles. The van der Waals surface area contributed by atoms with Crippen LogP contribution in [0.3, 0.4) is 0 Å². The molecule has 0 unspecified atom stereocenters. The molecule has 16 atom stereocenters. The van der Waals surface area contributed by atoms with E-state index in [2.05, 4.69) is 84.1 Å². The number of rotatable bonds is 64. The summed E-state index contributed by atoms with van der Waals surface area (Å²) in [6.07, 6.45) is -3.16. The highest BCUT2D eigenvalue weighted by atomic mass is 32.2. The molecule has 0 fully saturated rings. The normalized spacial score (nSPS) is 14.9. The van der Waals surface area contributed by atoms with Crippen molar-refractivity contribution in [2.24, 2.45) is 23.1 Å².